The lowest BCUT2D eigenvalue weighted by Gasteiger charge is -2.29. The zero-order chi connectivity index (χ0) is 22.2. The van der Waals surface area contributed by atoms with Crippen LogP contribution in [-0.4, -0.2) is 38.8 Å². The molecule has 2 aromatic rings. The van der Waals surface area contributed by atoms with E-state index in [-0.39, 0.29) is 35.3 Å². The predicted molar refractivity (Wildman–Crippen MR) is 115 cm³/mol. The third kappa shape index (κ3) is 4.86. The van der Waals surface area contributed by atoms with Crippen LogP contribution in [0, 0.1) is 11.2 Å². The van der Waals surface area contributed by atoms with Crippen molar-refractivity contribution in [2.75, 3.05) is 5.32 Å². The van der Waals surface area contributed by atoms with Gasteiger partial charge >= 0.3 is 6.03 Å². The summed E-state index contributed by atoms with van der Waals surface area (Å²) in [6, 6.07) is 1.40. The Morgan fingerprint density at radius 1 is 1.10 bits per heavy atom. The van der Waals surface area contributed by atoms with Crippen molar-refractivity contribution in [2.45, 2.75) is 71.5 Å². The van der Waals surface area contributed by atoms with Gasteiger partial charge in [0.05, 0.1) is 12.4 Å². The average Bonchev–Trinajstić information content (AvgIpc) is 3.19. The number of carbonyl (C=O) groups is 2. The Balaban J connectivity index is 1.40. The molecule has 1 aliphatic heterocycles. The molecule has 3 amide bonds. The van der Waals surface area contributed by atoms with Crippen LogP contribution in [-0.2, 0) is 17.8 Å². The molecule has 0 saturated heterocycles. The molecule has 2 aromatic heterocycles. The van der Waals surface area contributed by atoms with Gasteiger partial charge in [-0.15, -0.1) is 0 Å². The molecule has 0 spiro atoms. The summed E-state index contributed by atoms with van der Waals surface area (Å²) in [6.07, 6.45) is 6.86. The maximum Gasteiger partial charge on any atom is 0.320 e. The number of amides is 3. The molecule has 0 radical (unpaired) electrons. The molecule has 0 unspecified atom stereocenters. The van der Waals surface area contributed by atoms with E-state index < -0.39 is 5.82 Å². The molecule has 0 aromatic carbocycles. The number of pyridine rings is 1. The van der Waals surface area contributed by atoms with Crippen LogP contribution in [0.4, 0.5) is 15.0 Å². The summed E-state index contributed by atoms with van der Waals surface area (Å²) in [4.78, 5) is 27.7. The van der Waals surface area contributed by atoms with Gasteiger partial charge in [0.1, 0.15) is 11.6 Å². The number of fused-ring (bicyclic) bond motifs is 1. The fourth-order valence-corrected chi connectivity index (χ4v) is 4.59. The number of nitrogens with one attached hydrogen (secondary N) is 3. The molecule has 0 bridgehead atoms. The van der Waals surface area contributed by atoms with Crippen LogP contribution in [0.25, 0.3) is 11.1 Å². The Labute approximate surface area is 181 Å². The Morgan fingerprint density at radius 2 is 1.77 bits per heavy atom. The highest BCUT2D eigenvalue weighted by atomic mass is 19.1. The molecule has 9 heteroatoms. The summed E-state index contributed by atoms with van der Waals surface area (Å²) in [6.45, 7) is 6.64. The van der Waals surface area contributed by atoms with Gasteiger partial charge in [-0.25, -0.2) is 14.2 Å². The number of urea groups is 1. The monoisotopic (exact) mass is 428 g/mol. The summed E-state index contributed by atoms with van der Waals surface area (Å²) in [5.41, 5.74) is 2.22. The number of hydrogen-bond acceptors (Lipinski definition) is 4. The lowest BCUT2D eigenvalue weighted by molar-refractivity contribution is -0.119. The second-order valence-corrected chi connectivity index (χ2v) is 9.40. The minimum Gasteiger partial charge on any atom is -0.354 e. The second-order valence-electron chi connectivity index (χ2n) is 9.40. The molecular formula is C22H29FN6O2. The summed E-state index contributed by atoms with van der Waals surface area (Å²) in [5, 5.41) is 13.0. The van der Waals surface area contributed by atoms with Crippen molar-refractivity contribution >= 4 is 17.8 Å². The highest BCUT2D eigenvalue weighted by Gasteiger charge is 2.32. The van der Waals surface area contributed by atoms with Crippen molar-refractivity contribution in [1.29, 1.82) is 0 Å². The van der Waals surface area contributed by atoms with Gasteiger partial charge in [0.2, 0.25) is 5.91 Å². The minimum atomic E-state index is -0.442. The van der Waals surface area contributed by atoms with Crippen molar-refractivity contribution < 1.29 is 14.0 Å². The molecule has 4 rings (SSSR count). The first-order valence-electron chi connectivity index (χ1n) is 10.8. The molecule has 2 aliphatic rings. The van der Waals surface area contributed by atoms with Gasteiger partial charge < -0.3 is 10.6 Å². The summed E-state index contributed by atoms with van der Waals surface area (Å²) >= 11 is 0. The number of anilines is 1. The third-order valence-electron chi connectivity index (χ3n) is 6.03. The van der Waals surface area contributed by atoms with Gasteiger partial charge in [-0.2, -0.15) is 5.10 Å². The van der Waals surface area contributed by atoms with Crippen LogP contribution in [0.5, 0.6) is 0 Å². The Hall–Kier alpha value is -2.97. The number of halogens is 1. The summed E-state index contributed by atoms with van der Waals surface area (Å²) in [5.74, 6) is -0.180. The number of nitrogens with zero attached hydrogens (tertiary/aromatic N) is 3. The van der Waals surface area contributed by atoms with Gasteiger partial charge in [0.25, 0.3) is 0 Å². The van der Waals surface area contributed by atoms with E-state index in [0.717, 1.165) is 56.1 Å². The smallest absolute Gasteiger partial charge is 0.320 e. The zero-order valence-corrected chi connectivity index (χ0v) is 18.2. The van der Waals surface area contributed by atoms with Crippen LogP contribution in [0.2, 0.25) is 0 Å². The van der Waals surface area contributed by atoms with E-state index >= 15 is 0 Å². The van der Waals surface area contributed by atoms with Gasteiger partial charge in [0, 0.05) is 42.4 Å². The van der Waals surface area contributed by atoms with E-state index in [4.69, 9.17) is 0 Å². The van der Waals surface area contributed by atoms with E-state index in [0.29, 0.717) is 5.56 Å². The topological polar surface area (TPSA) is 101 Å². The fraction of sp³-hybridized carbons (Fsp3) is 0.545. The molecule has 1 fully saturated rings. The van der Waals surface area contributed by atoms with Gasteiger partial charge in [-0.3, -0.25) is 14.8 Å². The minimum absolute atomic E-state index is 0.0278. The van der Waals surface area contributed by atoms with Crippen molar-refractivity contribution in [2.24, 2.45) is 5.41 Å². The third-order valence-corrected chi connectivity index (χ3v) is 6.03. The number of hydrogen-bond donors (Lipinski definition) is 3. The average molecular weight is 429 g/mol. The van der Waals surface area contributed by atoms with Gasteiger partial charge in [-0.1, -0.05) is 13.8 Å². The van der Waals surface area contributed by atoms with Crippen molar-refractivity contribution in [3.05, 3.63) is 30.0 Å². The molecular weight excluding hydrogens is 399 g/mol. The van der Waals surface area contributed by atoms with Crippen molar-refractivity contribution in [3.8, 4) is 11.1 Å². The van der Waals surface area contributed by atoms with Crippen LogP contribution in [0.1, 0.15) is 52.1 Å². The van der Waals surface area contributed by atoms with E-state index in [2.05, 4.69) is 39.9 Å². The van der Waals surface area contributed by atoms with Crippen molar-refractivity contribution in [3.63, 3.8) is 0 Å². The van der Waals surface area contributed by atoms with Crippen LogP contribution < -0.4 is 16.0 Å². The van der Waals surface area contributed by atoms with E-state index in [1.54, 1.807) is 12.3 Å². The van der Waals surface area contributed by atoms with Crippen LogP contribution in [0.3, 0.4) is 0 Å². The lowest BCUT2D eigenvalue weighted by atomic mass is 9.89. The second kappa shape index (κ2) is 8.28. The first kappa shape index (κ1) is 21.3. The number of carbonyl (C=O) groups excluding carboxylic acids is 2. The molecule has 1 saturated carbocycles. The van der Waals surface area contributed by atoms with Gasteiger partial charge in [0.15, 0.2) is 0 Å². The standard InChI is InChI=1S/C22H29FN6O2/c1-13(30)26-14-4-6-15(7-5-14)27-21(31)28-20-8-16(18(23)11-24-20)17-10-25-29-12-22(2,3)9-19(17)29/h8,10-11,14-15H,4-7,9,12H2,1-3H3,(H,26,30)(H2,24,27,28,31). The van der Waals surface area contributed by atoms with E-state index in [1.165, 1.54) is 6.92 Å². The van der Waals surface area contributed by atoms with Crippen molar-refractivity contribution in [1.82, 2.24) is 25.4 Å². The molecule has 1 aliphatic carbocycles. The predicted octanol–water partition coefficient (Wildman–Crippen LogP) is 3.24. The molecule has 3 N–H and O–H groups in total. The molecule has 0 atom stereocenters. The Bertz CT molecular complexity index is 994. The summed E-state index contributed by atoms with van der Waals surface area (Å²) in [7, 11) is 0. The largest absolute Gasteiger partial charge is 0.354 e. The van der Waals surface area contributed by atoms with E-state index in [1.807, 2.05) is 4.68 Å². The lowest BCUT2D eigenvalue weighted by Crippen LogP contribution is -2.44. The quantitative estimate of drug-likeness (QED) is 0.696. The van der Waals surface area contributed by atoms with E-state index in [9.17, 15) is 14.0 Å². The highest BCUT2D eigenvalue weighted by Crippen LogP contribution is 2.37. The zero-order valence-electron chi connectivity index (χ0n) is 18.2. The first-order chi connectivity index (χ1) is 14.7. The molecule has 166 valence electrons. The maximum atomic E-state index is 14.6. The number of rotatable bonds is 4. The normalized spacial score (nSPS) is 21.9. The number of aromatic nitrogens is 3. The Kier molecular flexibility index (Phi) is 5.68. The Morgan fingerprint density at radius 3 is 2.45 bits per heavy atom. The molecule has 8 nitrogen and oxygen atoms in total. The molecule has 31 heavy (non-hydrogen) atoms. The highest BCUT2D eigenvalue weighted by molar-refractivity contribution is 5.89. The fourth-order valence-electron chi connectivity index (χ4n) is 4.59. The summed E-state index contributed by atoms with van der Waals surface area (Å²) < 4.78 is 16.5. The SMILES string of the molecule is CC(=O)NC1CCC(NC(=O)Nc2cc(-c3cnn4c3CC(C)(C)C4)c(F)cn2)CC1. The molecule has 3 heterocycles. The van der Waals surface area contributed by atoms with Gasteiger partial charge in [-0.05, 0) is 43.6 Å². The van der Waals surface area contributed by atoms with Crippen LogP contribution in [0.15, 0.2) is 18.5 Å². The van der Waals surface area contributed by atoms with Crippen LogP contribution >= 0.6 is 0 Å². The first-order valence-corrected chi connectivity index (χ1v) is 10.8. The maximum absolute atomic E-state index is 14.6.